The van der Waals surface area contributed by atoms with Crippen LogP contribution in [0, 0.1) is 0 Å². The van der Waals surface area contributed by atoms with Crippen LogP contribution in [-0.2, 0) is 17.4 Å². The zero-order valence-corrected chi connectivity index (χ0v) is 16.3. The van der Waals surface area contributed by atoms with E-state index in [1.807, 2.05) is 4.68 Å². The molecule has 3 heteroatoms. The number of hydrogen-bond donors (Lipinski definition) is 0. The number of rotatable bonds is 2. The molecule has 0 N–H and O–H groups in total. The molecule has 5 rings (SSSR count). The van der Waals surface area contributed by atoms with Crippen molar-refractivity contribution in [3.05, 3.63) is 57.0 Å². The van der Waals surface area contributed by atoms with Crippen LogP contribution < -0.4 is 5.56 Å². The lowest BCUT2D eigenvalue weighted by atomic mass is 9.75. The summed E-state index contributed by atoms with van der Waals surface area (Å²) in [6.07, 6.45) is 9.04. The fourth-order valence-corrected chi connectivity index (χ4v) is 6.00. The fourth-order valence-electron chi connectivity index (χ4n) is 6.00. The molecule has 2 atom stereocenters. The molecule has 2 bridgehead atoms. The minimum atomic E-state index is 0.0380. The van der Waals surface area contributed by atoms with E-state index in [4.69, 9.17) is 0 Å². The number of fused-ring (bicyclic) bond motifs is 6. The molecular formula is C23H28N2O. The van der Waals surface area contributed by atoms with Crippen molar-refractivity contribution < 1.29 is 0 Å². The predicted molar refractivity (Wildman–Crippen MR) is 106 cm³/mol. The van der Waals surface area contributed by atoms with E-state index in [1.165, 1.54) is 29.7 Å². The van der Waals surface area contributed by atoms with Gasteiger partial charge in [-0.1, -0.05) is 45.1 Å². The van der Waals surface area contributed by atoms with Gasteiger partial charge in [-0.15, -0.1) is 0 Å². The Morgan fingerprint density at radius 1 is 1.23 bits per heavy atom. The van der Waals surface area contributed by atoms with Crippen molar-refractivity contribution in [2.24, 2.45) is 0 Å². The number of hydrogen-bond acceptors (Lipinski definition) is 1. The van der Waals surface area contributed by atoms with Gasteiger partial charge in [0, 0.05) is 17.5 Å². The number of benzene rings is 1. The molecule has 26 heavy (non-hydrogen) atoms. The molecule has 0 radical (unpaired) electrons. The summed E-state index contributed by atoms with van der Waals surface area (Å²) in [5.41, 5.74) is 6.54. The normalized spacial score (nSPS) is 27.6. The van der Waals surface area contributed by atoms with Gasteiger partial charge >= 0.3 is 0 Å². The van der Waals surface area contributed by atoms with Crippen LogP contribution in [0.15, 0.2) is 29.1 Å². The monoisotopic (exact) mass is 348 g/mol. The maximum absolute atomic E-state index is 13.6. The van der Waals surface area contributed by atoms with Crippen molar-refractivity contribution in [2.75, 3.05) is 0 Å². The Morgan fingerprint density at radius 2 is 2.04 bits per heavy atom. The van der Waals surface area contributed by atoms with Crippen molar-refractivity contribution in [1.82, 2.24) is 9.36 Å². The lowest BCUT2D eigenvalue weighted by Crippen LogP contribution is -2.30. The second kappa shape index (κ2) is 5.03. The van der Waals surface area contributed by atoms with Crippen LogP contribution in [0.3, 0.4) is 0 Å². The van der Waals surface area contributed by atoms with Gasteiger partial charge in [0.15, 0.2) is 0 Å². The molecule has 0 spiro atoms. The average molecular weight is 348 g/mol. The van der Waals surface area contributed by atoms with E-state index in [2.05, 4.69) is 62.7 Å². The second-order valence-corrected chi connectivity index (χ2v) is 9.33. The van der Waals surface area contributed by atoms with Crippen molar-refractivity contribution in [1.29, 1.82) is 0 Å². The Labute approximate surface area is 155 Å². The molecule has 1 heterocycles. The predicted octanol–water partition coefficient (Wildman–Crippen LogP) is 4.89. The Hall–Kier alpha value is -2.03. The van der Waals surface area contributed by atoms with Gasteiger partial charge in [0.25, 0.3) is 5.56 Å². The lowest BCUT2D eigenvalue weighted by molar-refractivity contribution is 0.425. The molecule has 0 unspecified atom stereocenters. The highest BCUT2D eigenvalue weighted by Gasteiger charge is 2.51. The minimum absolute atomic E-state index is 0.0380. The molecule has 3 nitrogen and oxygen atoms in total. The highest BCUT2D eigenvalue weighted by Crippen LogP contribution is 2.56. The molecule has 136 valence electrons. The van der Waals surface area contributed by atoms with E-state index in [9.17, 15) is 4.79 Å². The van der Waals surface area contributed by atoms with Crippen LogP contribution in [0.1, 0.15) is 81.7 Å². The van der Waals surface area contributed by atoms with Gasteiger partial charge in [-0.05, 0) is 61.1 Å². The van der Waals surface area contributed by atoms with Gasteiger partial charge in [0.2, 0.25) is 0 Å². The van der Waals surface area contributed by atoms with Crippen LogP contribution in [0.4, 0.5) is 0 Å². The molecule has 3 aliphatic rings. The number of nitrogens with zero attached hydrogens (tertiary/aromatic N) is 2. The molecular weight excluding hydrogens is 320 g/mol. The van der Waals surface area contributed by atoms with Gasteiger partial charge in [-0.25, -0.2) is 4.68 Å². The Kier molecular flexibility index (Phi) is 3.12. The third-order valence-corrected chi connectivity index (χ3v) is 7.10. The summed E-state index contributed by atoms with van der Waals surface area (Å²) in [6, 6.07) is 6.42. The minimum Gasteiger partial charge on any atom is -0.281 e. The van der Waals surface area contributed by atoms with Crippen LogP contribution in [0.2, 0.25) is 0 Å². The fraction of sp³-hybridized carbons (Fsp3) is 0.522. The maximum Gasteiger partial charge on any atom is 0.275 e. The van der Waals surface area contributed by atoms with Crippen molar-refractivity contribution in [3.63, 3.8) is 0 Å². The van der Waals surface area contributed by atoms with Gasteiger partial charge in [-0.2, -0.15) is 0 Å². The zero-order valence-electron chi connectivity index (χ0n) is 16.3. The van der Waals surface area contributed by atoms with Crippen LogP contribution >= 0.6 is 0 Å². The molecule has 2 aromatic rings. The molecule has 1 saturated carbocycles. The average Bonchev–Trinajstić information content (AvgIpc) is 3.21. The zero-order chi connectivity index (χ0) is 18.3. The first-order valence-corrected chi connectivity index (χ1v) is 10.0. The SMILES string of the molecule is CCn1c2c(c(=O)n1-c1cccc3c1C(C)(C)CC=C3)[C@H]1CC[C@]2(C)C1. The summed E-state index contributed by atoms with van der Waals surface area (Å²) < 4.78 is 4.31. The van der Waals surface area contributed by atoms with E-state index in [0.29, 0.717) is 5.92 Å². The summed E-state index contributed by atoms with van der Waals surface area (Å²) in [5, 5.41) is 0. The van der Waals surface area contributed by atoms with Gasteiger partial charge in [-0.3, -0.25) is 9.48 Å². The second-order valence-electron chi connectivity index (χ2n) is 9.33. The Balaban J connectivity index is 1.85. The third-order valence-electron chi connectivity index (χ3n) is 7.10. The van der Waals surface area contributed by atoms with E-state index in [1.54, 1.807) is 0 Å². The summed E-state index contributed by atoms with van der Waals surface area (Å²) >= 11 is 0. The van der Waals surface area contributed by atoms with Crippen molar-refractivity contribution >= 4 is 6.08 Å². The van der Waals surface area contributed by atoms with E-state index >= 15 is 0 Å². The largest absolute Gasteiger partial charge is 0.281 e. The summed E-state index contributed by atoms with van der Waals surface area (Å²) in [5.74, 6) is 0.467. The van der Waals surface area contributed by atoms with Crippen molar-refractivity contribution in [3.8, 4) is 5.69 Å². The number of aromatic nitrogens is 2. The van der Waals surface area contributed by atoms with Crippen molar-refractivity contribution in [2.45, 2.75) is 76.7 Å². The Bertz CT molecular complexity index is 1000. The first kappa shape index (κ1) is 16.2. The maximum atomic E-state index is 13.6. The molecule has 1 fully saturated rings. The standard InChI is InChI=1S/C23H28N2O/c1-5-24-20-18(16-11-13-23(20,4)14-16)21(26)25(24)17-10-6-8-15-9-7-12-22(2,3)19(15)17/h6-10,16H,5,11-14H2,1-4H3/t16-,23+/m0/s1. The number of allylic oxidation sites excluding steroid dienone is 1. The third kappa shape index (κ3) is 1.87. The molecule has 0 amide bonds. The van der Waals surface area contributed by atoms with Crippen LogP contribution in [0.25, 0.3) is 11.8 Å². The van der Waals surface area contributed by atoms with E-state index in [0.717, 1.165) is 30.6 Å². The summed E-state index contributed by atoms with van der Waals surface area (Å²) in [4.78, 5) is 13.6. The van der Waals surface area contributed by atoms with Gasteiger partial charge in [0.1, 0.15) is 0 Å². The smallest absolute Gasteiger partial charge is 0.275 e. The van der Waals surface area contributed by atoms with Crippen LogP contribution in [-0.4, -0.2) is 9.36 Å². The Morgan fingerprint density at radius 3 is 2.81 bits per heavy atom. The van der Waals surface area contributed by atoms with E-state index < -0.39 is 0 Å². The molecule has 0 aliphatic heterocycles. The lowest BCUT2D eigenvalue weighted by Gasteiger charge is -2.32. The quantitative estimate of drug-likeness (QED) is 0.759. The molecule has 1 aromatic carbocycles. The van der Waals surface area contributed by atoms with Crippen LogP contribution in [0.5, 0.6) is 0 Å². The van der Waals surface area contributed by atoms with Gasteiger partial charge in [0.05, 0.1) is 11.4 Å². The topological polar surface area (TPSA) is 26.9 Å². The highest BCUT2D eigenvalue weighted by atomic mass is 16.1. The highest BCUT2D eigenvalue weighted by molar-refractivity contribution is 5.65. The van der Waals surface area contributed by atoms with E-state index in [-0.39, 0.29) is 16.4 Å². The molecule has 0 saturated heterocycles. The first-order chi connectivity index (χ1) is 12.4. The summed E-state index contributed by atoms with van der Waals surface area (Å²) in [6.45, 7) is 9.96. The summed E-state index contributed by atoms with van der Waals surface area (Å²) in [7, 11) is 0. The molecule has 3 aliphatic carbocycles. The first-order valence-electron chi connectivity index (χ1n) is 10.0. The molecule has 1 aromatic heterocycles. The van der Waals surface area contributed by atoms with Gasteiger partial charge < -0.3 is 0 Å².